The summed E-state index contributed by atoms with van der Waals surface area (Å²) >= 11 is 1.88. The van der Waals surface area contributed by atoms with Gasteiger partial charge in [-0.3, -0.25) is 0 Å². The third-order valence-electron chi connectivity index (χ3n) is 12.7. The van der Waals surface area contributed by atoms with Gasteiger partial charge in [0.25, 0.3) is 0 Å². The number of benzene rings is 8. The van der Waals surface area contributed by atoms with Gasteiger partial charge in [0.05, 0.1) is 22.8 Å². The summed E-state index contributed by atoms with van der Waals surface area (Å²) in [4.78, 5) is 11.1. The molecule has 296 valence electrons. The van der Waals surface area contributed by atoms with Gasteiger partial charge in [0.1, 0.15) is 0 Å². The molecule has 3 aromatic heterocycles. The van der Waals surface area contributed by atoms with Crippen LogP contribution in [0.15, 0.2) is 218 Å². The molecule has 11 aromatic rings. The third-order valence-corrected chi connectivity index (χ3v) is 13.8. The first-order valence-corrected chi connectivity index (χ1v) is 22.4. The highest BCUT2D eigenvalue weighted by molar-refractivity contribution is 7.25. The highest BCUT2D eigenvalue weighted by Crippen LogP contribution is 2.52. The molecule has 0 saturated carbocycles. The molecule has 0 bridgehead atoms. The van der Waals surface area contributed by atoms with Crippen molar-refractivity contribution in [3.63, 3.8) is 0 Å². The van der Waals surface area contributed by atoms with Crippen LogP contribution in [0.4, 0.5) is 0 Å². The molecule has 0 aliphatic heterocycles. The van der Waals surface area contributed by atoms with Crippen LogP contribution in [0, 0.1) is 6.92 Å². The van der Waals surface area contributed by atoms with Crippen molar-refractivity contribution < 1.29 is 0 Å². The molecular weight excluding hydrogens is 781 g/mol. The molecule has 0 amide bonds. The second kappa shape index (κ2) is 15.3. The molecule has 0 fully saturated rings. The van der Waals surface area contributed by atoms with Gasteiger partial charge in [-0.1, -0.05) is 164 Å². The molecule has 1 unspecified atom stereocenters. The molecule has 2 nitrogen and oxygen atoms in total. The highest BCUT2D eigenvalue weighted by atomic mass is 32.1. The van der Waals surface area contributed by atoms with Crippen LogP contribution in [0.5, 0.6) is 0 Å². The van der Waals surface area contributed by atoms with E-state index in [1.165, 1.54) is 59.1 Å². The highest BCUT2D eigenvalue weighted by Gasteiger charge is 2.32. The predicted octanol–water partition coefficient (Wildman–Crippen LogP) is 16.3. The molecule has 0 N–H and O–H groups in total. The minimum atomic E-state index is -0.00457. The Morgan fingerprint density at radius 3 is 1.63 bits per heavy atom. The summed E-state index contributed by atoms with van der Waals surface area (Å²) in [5.41, 5.74) is 20.3. The van der Waals surface area contributed by atoms with Crippen molar-refractivity contribution in [1.82, 2.24) is 9.97 Å². The molecule has 0 spiro atoms. The summed E-state index contributed by atoms with van der Waals surface area (Å²) < 4.78 is 2.64. The first-order chi connectivity index (χ1) is 31.1. The van der Waals surface area contributed by atoms with Crippen LogP contribution in [0.25, 0.3) is 98.6 Å². The molecule has 1 aliphatic rings. The fourth-order valence-electron chi connectivity index (χ4n) is 9.68. The van der Waals surface area contributed by atoms with E-state index in [2.05, 4.69) is 225 Å². The van der Waals surface area contributed by atoms with Crippen molar-refractivity contribution in [2.75, 3.05) is 0 Å². The minimum absolute atomic E-state index is 0.00457. The Balaban J connectivity index is 1.15. The van der Waals surface area contributed by atoms with Crippen LogP contribution in [-0.2, 0) is 0 Å². The van der Waals surface area contributed by atoms with E-state index in [4.69, 9.17) is 9.97 Å². The van der Waals surface area contributed by atoms with Gasteiger partial charge in [0.15, 0.2) is 0 Å². The number of thiophene rings is 1. The zero-order valence-corrected chi connectivity index (χ0v) is 35.5. The Hall–Kier alpha value is -7.72. The molecule has 63 heavy (non-hydrogen) atoms. The van der Waals surface area contributed by atoms with Crippen LogP contribution in [0.1, 0.15) is 28.2 Å². The van der Waals surface area contributed by atoms with E-state index in [0.29, 0.717) is 0 Å². The molecule has 1 aliphatic carbocycles. The lowest BCUT2D eigenvalue weighted by Crippen LogP contribution is -2.03. The minimum Gasteiger partial charge on any atom is -0.248 e. The molecule has 3 heteroatoms. The first kappa shape index (κ1) is 37.1. The zero-order chi connectivity index (χ0) is 41.9. The van der Waals surface area contributed by atoms with Gasteiger partial charge in [-0.15, -0.1) is 11.3 Å². The number of rotatable bonds is 7. The van der Waals surface area contributed by atoms with Crippen molar-refractivity contribution in [2.45, 2.75) is 12.8 Å². The van der Waals surface area contributed by atoms with E-state index < -0.39 is 0 Å². The number of hydrogen-bond acceptors (Lipinski definition) is 3. The topological polar surface area (TPSA) is 25.8 Å². The van der Waals surface area contributed by atoms with E-state index in [-0.39, 0.29) is 5.92 Å². The number of aromatic nitrogens is 2. The summed E-state index contributed by atoms with van der Waals surface area (Å²) in [6.07, 6.45) is 0. The second-order valence-electron chi connectivity index (χ2n) is 16.5. The summed E-state index contributed by atoms with van der Waals surface area (Å²) in [7, 11) is 0. The standard InChI is InChI=1S/C60H40N2S/c1-38-50(40-20-8-3-9-21-40)36-56(42-24-12-5-13-25-42)62-60(38)46-31-44(55-34-43(39-18-6-2-7-19-39)33-54(61-55)41-22-10-4-11-23-41)30-45(32-46)59-49-28-15-14-26-47(49)51-37-58-52(35-53(51)59)48-27-16-17-29-57(48)63-58/h2-37,59H,1H3. The maximum Gasteiger partial charge on any atom is 0.0745 e. The third kappa shape index (κ3) is 6.57. The van der Waals surface area contributed by atoms with Crippen molar-refractivity contribution in [1.29, 1.82) is 0 Å². The Kier molecular flexibility index (Phi) is 9.02. The van der Waals surface area contributed by atoms with Gasteiger partial charge in [0.2, 0.25) is 0 Å². The van der Waals surface area contributed by atoms with Crippen molar-refractivity contribution in [3.05, 3.63) is 241 Å². The first-order valence-electron chi connectivity index (χ1n) is 21.6. The number of nitrogens with zero attached hydrogens (tertiary/aromatic N) is 2. The fourth-order valence-corrected chi connectivity index (χ4v) is 10.8. The average molecular weight is 821 g/mol. The Bertz CT molecular complexity index is 3440. The maximum absolute atomic E-state index is 5.57. The molecule has 0 radical (unpaired) electrons. The molecule has 8 aromatic carbocycles. The number of fused-ring (bicyclic) bond motifs is 6. The normalized spacial score (nSPS) is 13.0. The monoisotopic (exact) mass is 820 g/mol. The number of pyridine rings is 2. The van der Waals surface area contributed by atoms with Gasteiger partial charge in [0, 0.05) is 48.3 Å². The van der Waals surface area contributed by atoms with Gasteiger partial charge in [-0.25, -0.2) is 9.97 Å². The lowest BCUT2D eigenvalue weighted by Gasteiger charge is -2.20. The van der Waals surface area contributed by atoms with E-state index in [1.807, 2.05) is 11.3 Å². The summed E-state index contributed by atoms with van der Waals surface area (Å²) in [6, 6.07) is 79.1. The molecular formula is C60H40N2S. The maximum atomic E-state index is 5.57. The largest absolute Gasteiger partial charge is 0.248 e. The van der Waals surface area contributed by atoms with Crippen molar-refractivity contribution >= 4 is 31.5 Å². The van der Waals surface area contributed by atoms with Crippen LogP contribution >= 0.6 is 11.3 Å². The quantitative estimate of drug-likeness (QED) is 0.160. The SMILES string of the molecule is Cc1c(-c2ccccc2)cc(-c2ccccc2)nc1-c1cc(-c2cc(-c3ccccc3)cc(-c3ccccc3)n2)cc(C2c3ccccc3-c3cc4sc5ccccc5c4cc32)c1. The zero-order valence-electron chi connectivity index (χ0n) is 34.7. The Morgan fingerprint density at radius 2 is 0.921 bits per heavy atom. The van der Waals surface area contributed by atoms with E-state index in [1.54, 1.807) is 0 Å². The van der Waals surface area contributed by atoms with Crippen molar-refractivity contribution in [2.24, 2.45) is 0 Å². The lowest BCUT2D eigenvalue weighted by molar-refractivity contribution is 1.02. The van der Waals surface area contributed by atoms with E-state index in [0.717, 1.165) is 61.7 Å². The Morgan fingerprint density at radius 1 is 0.349 bits per heavy atom. The lowest BCUT2D eigenvalue weighted by atomic mass is 9.85. The molecule has 12 rings (SSSR count). The van der Waals surface area contributed by atoms with Crippen LogP contribution < -0.4 is 0 Å². The Labute approximate surface area is 371 Å². The summed E-state index contributed by atoms with van der Waals surface area (Å²) in [6.45, 7) is 2.23. The summed E-state index contributed by atoms with van der Waals surface area (Å²) in [5.74, 6) is -0.00457. The molecule has 1 atom stereocenters. The predicted molar refractivity (Wildman–Crippen MR) is 265 cm³/mol. The number of hydrogen-bond donors (Lipinski definition) is 0. The summed E-state index contributed by atoms with van der Waals surface area (Å²) in [5, 5.41) is 2.62. The van der Waals surface area contributed by atoms with Gasteiger partial charge < -0.3 is 0 Å². The van der Waals surface area contributed by atoms with Crippen LogP contribution in [-0.4, -0.2) is 9.97 Å². The fraction of sp³-hybridized carbons (Fsp3) is 0.0333. The average Bonchev–Trinajstić information content (AvgIpc) is 3.89. The van der Waals surface area contributed by atoms with Gasteiger partial charge in [-0.2, -0.15) is 0 Å². The van der Waals surface area contributed by atoms with Crippen molar-refractivity contribution in [3.8, 4) is 78.4 Å². The molecule has 0 saturated heterocycles. The van der Waals surface area contributed by atoms with Crippen LogP contribution in [0.2, 0.25) is 0 Å². The van der Waals surface area contributed by atoms with Gasteiger partial charge >= 0.3 is 0 Å². The molecule has 3 heterocycles. The van der Waals surface area contributed by atoms with Crippen LogP contribution in [0.3, 0.4) is 0 Å². The second-order valence-corrected chi connectivity index (χ2v) is 17.6. The van der Waals surface area contributed by atoms with E-state index >= 15 is 0 Å². The van der Waals surface area contributed by atoms with Gasteiger partial charge in [-0.05, 0) is 117 Å². The smallest absolute Gasteiger partial charge is 0.0745 e. The van der Waals surface area contributed by atoms with E-state index in [9.17, 15) is 0 Å².